The molecular formula is C16H18BrN3O4. The fourth-order valence-electron chi connectivity index (χ4n) is 2.02. The fraction of sp³-hybridized carbons (Fsp3) is 0.312. The number of aryl methyl sites for hydroxylation is 1. The highest BCUT2D eigenvalue weighted by Crippen LogP contribution is 2.22. The molecule has 1 heterocycles. The van der Waals surface area contributed by atoms with Crippen molar-refractivity contribution in [3.8, 4) is 5.75 Å². The molecule has 0 spiro atoms. The van der Waals surface area contributed by atoms with Crippen molar-refractivity contribution in [3.63, 3.8) is 0 Å². The molecule has 1 N–H and O–H groups in total. The molecule has 1 atom stereocenters. The summed E-state index contributed by atoms with van der Waals surface area (Å²) in [5.41, 5.74) is 1.01. The Morgan fingerprint density at radius 2 is 2.08 bits per heavy atom. The molecule has 7 nitrogen and oxygen atoms in total. The number of methoxy groups -OCH3 is 1. The Labute approximate surface area is 148 Å². The summed E-state index contributed by atoms with van der Waals surface area (Å²) in [5.74, 6) is -0.450. The zero-order valence-corrected chi connectivity index (χ0v) is 15.4. The molecule has 0 fully saturated rings. The van der Waals surface area contributed by atoms with Crippen LogP contribution in [0.5, 0.6) is 5.75 Å². The first kappa shape index (κ1) is 18.0. The largest absolute Gasteiger partial charge is 0.481 e. The number of hydrogen-bond donors (Lipinski definition) is 1. The number of hydrogen-bond acceptors (Lipinski definition) is 5. The van der Waals surface area contributed by atoms with Gasteiger partial charge in [-0.05, 0) is 32.0 Å². The molecule has 2 rings (SSSR count). The SMILES string of the molecule is COC(=O)c1nn(C)c(C)c1NC(=O)C(C)Oc1cccc(Br)c1. The highest BCUT2D eigenvalue weighted by Gasteiger charge is 2.24. The highest BCUT2D eigenvalue weighted by molar-refractivity contribution is 9.10. The lowest BCUT2D eigenvalue weighted by Crippen LogP contribution is -2.30. The quantitative estimate of drug-likeness (QED) is 0.786. The van der Waals surface area contributed by atoms with E-state index in [-0.39, 0.29) is 5.69 Å². The molecule has 0 aliphatic rings. The second-order valence-corrected chi connectivity index (χ2v) is 6.05. The van der Waals surface area contributed by atoms with Gasteiger partial charge < -0.3 is 14.8 Å². The predicted octanol–water partition coefficient (Wildman–Crippen LogP) is 2.68. The molecule has 0 bridgehead atoms. The lowest BCUT2D eigenvalue weighted by molar-refractivity contribution is -0.122. The second kappa shape index (κ2) is 7.48. The van der Waals surface area contributed by atoms with Crippen molar-refractivity contribution in [2.75, 3.05) is 12.4 Å². The van der Waals surface area contributed by atoms with E-state index in [1.165, 1.54) is 11.8 Å². The molecule has 8 heteroatoms. The van der Waals surface area contributed by atoms with Gasteiger partial charge in [0.05, 0.1) is 18.5 Å². The van der Waals surface area contributed by atoms with Crippen molar-refractivity contribution in [3.05, 3.63) is 40.1 Å². The Morgan fingerprint density at radius 1 is 1.38 bits per heavy atom. The van der Waals surface area contributed by atoms with Crippen LogP contribution < -0.4 is 10.1 Å². The Morgan fingerprint density at radius 3 is 2.71 bits per heavy atom. The summed E-state index contributed by atoms with van der Waals surface area (Å²) in [6.07, 6.45) is -0.760. The number of benzene rings is 1. The molecule has 128 valence electrons. The Kier molecular flexibility index (Phi) is 5.61. The molecule has 1 unspecified atom stereocenters. The van der Waals surface area contributed by atoms with Crippen LogP contribution in [0.1, 0.15) is 23.1 Å². The Balaban J connectivity index is 2.16. The lowest BCUT2D eigenvalue weighted by Gasteiger charge is -2.15. The van der Waals surface area contributed by atoms with Gasteiger partial charge in [-0.25, -0.2) is 4.79 Å². The van der Waals surface area contributed by atoms with E-state index in [9.17, 15) is 9.59 Å². The monoisotopic (exact) mass is 395 g/mol. The maximum Gasteiger partial charge on any atom is 0.360 e. The number of esters is 1. The number of aromatic nitrogens is 2. The minimum atomic E-state index is -0.760. The lowest BCUT2D eigenvalue weighted by atomic mass is 10.2. The van der Waals surface area contributed by atoms with Crippen LogP contribution in [0.25, 0.3) is 0 Å². The van der Waals surface area contributed by atoms with Crippen LogP contribution in [0.15, 0.2) is 28.7 Å². The molecule has 0 saturated carbocycles. The smallest absolute Gasteiger partial charge is 0.360 e. The maximum absolute atomic E-state index is 12.4. The highest BCUT2D eigenvalue weighted by atomic mass is 79.9. The van der Waals surface area contributed by atoms with Gasteiger partial charge in [-0.15, -0.1) is 0 Å². The van der Waals surface area contributed by atoms with Crippen LogP contribution in [0.3, 0.4) is 0 Å². The molecule has 24 heavy (non-hydrogen) atoms. The second-order valence-electron chi connectivity index (χ2n) is 5.13. The summed E-state index contributed by atoms with van der Waals surface area (Å²) in [4.78, 5) is 24.2. The van der Waals surface area contributed by atoms with E-state index < -0.39 is 18.0 Å². The van der Waals surface area contributed by atoms with Gasteiger partial charge in [0.25, 0.3) is 5.91 Å². The van der Waals surface area contributed by atoms with Crippen molar-refractivity contribution < 1.29 is 19.1 Å². The number of rotatable bonds is 5. The maximum atomic E-state index is 12.4. The summed E-state index contributed by atoms with van der Waals surface area (Å²) in [6.45, 7) is 3.37. The Bertz CT molecular complexity index is 773. The van der Waals surface area contributed by atoms with Gasteiger partial charge in [0.1, 0.15) is 5.75 Å². The molecule has 0 aliphatic carbocycles. The van der Waals surface area contributed by atoms with Crippen molar-refractivity contribution in [1.82, 2.24) is 9.78 Å². The van der Waals surface area contributed by atoms with E-state index in [2.05, 4.69) is 26.3 Å². The van der Waals surface area contributed by atoms with E-state index >= 15 is 0 Å². The number of carbonyl (C=O) groups excluding carboxylic acids is 2. The van der Waals surface area contributed by atoms with Gasteiger partial charge in [0.2, 0.25) is 0 Å². The van der Waals surface area contributed by atoms with E-state index in [1.54, 1.807) is 33.0 Å². The number of halogens is 1. The molecular weight excluding hydrogens is 378 g/mol. The number of ether oxygens (including phenoxy) is 2. The summed E-state index contributed by atoms with van der Waals surface area (Å²) in [7, 11) is 2.94. The van der Waals surface area contributed by atoms with Gasteiger partial charge in [-0.3, -0.25) is 9.48 Å². The van der Waals surface area contributed by atoms with Crippen LogP contribution in [-0.4, -0.2) is 34.9 Å². The summed E-state index contributed by atoms with van der Waals surface area (Å²) in [6, 6.07) is 7.19. The van der Waals surface area contributed by atoms with Crippen molar-refractivity contribution in [2.45, 2.75) is 20.0 Å². The van der Waals surface area contributed by atoms with Gasteiger partial charge >= 0.3 is 5.97 Å². The third-order valence-electron chi connectivity index (χ3n) is 3.44. The molecule has 0 aliphatic heterocycles. The molecule has 1 amide bonds. The van der Waals surface area contributed by atoms with Crippen LogP contribution in [0.2, 0.25) is 0 Å². The fourth-order valence-corrected chi connectivity index (χ4v) is 2.40. The topological polar surface area (TPSA) is 82.5 Å². The molecule has 1 aromatic carbocycles. The minimum Gasteiger partial charge on any atom is -0.481 e. The van der Waals surface area contributed by atoms with E-state index in [4.69, 9.17) is 9.47 Å². The van der Waals surface area contributed by atoms with E-state index in [1.807, 2.05) is 12.1 Å². The van der Waals surface area contributed by atoms with Gasteiger partial charge in [0.15, 0.2) is 11.8 Å². The van der Waals surface area contributed by atoms with Crippen LogP contribution >= 0.6 is 15.9 Å². The third kappa shape index (κ3) is 3.94. The number of nitrogens with one attached hydrogen (secondary N) is 1. The normalized spacial score (nSPS) is 11.7. The van der Waals surface area contributed by atoms with Crippen LogP contribution in [0.4, 0.5) is 5.69 Å². The van der Waals surface area contributed by atoms with Crippen LogP contribution in [0, 0.1) is 6.92 Å². The number of carbonyl (C=O) groups is 2. The number of nitrogens with zero attached hydrogens (tertiary/aromatic N) is 2. The molecule has 2 aromatic rings. The molecule has 0 saturated heterocycles. The van der Waals surface area contributed by atoms with Crippen molar-refractivity contribution in [2.24, 2.45) is 7.05 Å². The van der Waals surface area contributed by atoms with Gasteiger partial charge in [-0.2, -0.15) is 5.10 Å². The first-order chi connectivity index (χ1) is 11.3. The molecule has 1 aromatic heterocycles. The van der Waals surface area contributed by atoms with Gasteiger partial charge in [-0.1, -0.05) is 22.0 Å². The summed E-state index contributed by atoms with van der Waals surface area (Å²) in [5, 5.41) is 6.76. The third-order valence-corrected chi connectivity index (χ3v) is 3.93. The van der Waals surface area contributed by atoms with Crippen LogP contribution in [-0.2, 0) is 16.6 Å². The Hall–Kier alpha value is -2.35. The first-order valence-electron chi connectivity index (χ1n) is 7.18. The van der Waals surface area contributed by atoms with Crippen molar-refractivity contribution in [1.29, 1.82) is 0 Å². The number of amides is 1. The van der Waals surface area contributed by atoms with Gasteiger partial charge in [0, 0.05) is 11.5 Å². The van der Waals surface area contributed by atoms with E-state index in [0.717, 1.165) is 4.47 Å². The summed E-state index contributed by atoms with van der Waals surface area (Å²) < 4.78 is 12.7. The molecule has 0 radical (unpaired) electrons. The standard InChI is InChI=1S/C16H18BrN3O4/c1-9-13(14(16(22)23-4)19-20(9)3)18-15(21)10(2)24-12-7-5-6-11(17)8-12/h5-8,10H,1-4H3,(H,18,21). The van der Waals surface area contributed by atoms with E-state index in [0.29, 0.717) is 17.1 Å². The number of anilines is 1. The summed E-state index contributed by atoms with van der Waals surface area (Å²) >= 11 is 3.35. The zero-order valence-electron chi connectivity index (χ0n) is 13.8. The average molecular weight is 396 g/mol. The first-order valence-corrected chi connectivity index (χ1v) is 7.97. The average Bonchev–Trinajstić information content (AvgIpc) is 2.82. The zero-order chi connectivity index (χ0) is 17.9. The predicted molar refractivity (Wildman–Crippen MR) is 92.1 cm³/mol. The van der Waals surface area contributed by atoms with Crippen molar-refractivity contribution >= 4 is 33.5 Å². The minimum absolute atomic E-state index is 0.0560.